The van der Waals surface area contributed by atoms with Gasteiger partial charge in [-0.3, -0.25) is 4.79 Å². The molecule has 0 aromatic heterocycles. The molecule has 0 heterocycles. The minimum absolute atomic E-state index is 0. The standard InChI is InChI=1S/C8H16O2.Na/c1-3-5-6-8(9)10-7-4-2;/h3-7H2,1-2H3;/q;+1. The van der Waals surface area contributed by atoms with Crippen LogP contribution in [0.1, 0.15) is 39.5 Å². The quantitative estimate of drug-likeness (QED) is 0.393. The molecule has 0 rings (SSSR count). The second-order valence-corrected chi connectivity index (χ2v) is 2.32. The Morgan fingerprint density at radius 2 is 1.91 bits per heavy atom. The largest absolute Gasteiger partial charge is 1.00 e. The molecular weight excluding hydrogens is 151 g/mol. The molecule has 0 N–H and O–H groups in total. The van der Waals surface area contributed by atoms with Gasteiger partial charge in [0.25, 0.3) is 0 Å². The van der Waals surface area contributed by atoms with Crippen LogP contribution in [-0.2, 0) is 9.53 Å². The fourth-order valence-electron chi connectivity index (χ4n) is 0.609. The molecule has 0 unspecified atom stereocenters. The zero-order valence-electron chi connectivity index (χ0n) is 7.85. The Balaban J connectivity index is 0. The summed E-state index contributed by atoms with van der Waals surface area (Å²) in [5.74, 6) is -0.0521. The summed E-state index contributed by atoms with van der Waals surface area (Å²) in [6.07, 6.45) is 3.50. The second kappa shape index (κ2) is 10.5. The molecule has 0 aromatic carbocycles. The first kappa shape index (κ1) is 14.0. The molecule has 0 radical (unpaired) electrons. The topological polar surface area (TPSA) is 26.3 Å². The SMILES string of the molecule is CCCCC(=O)OCCC.[Na+]. The molecule has 0 aliphatic heterocycles. The number of hydrogen-bond acceptors (Lipinski definition) is 2. The van der Waals surface area contributed by atoms with Crippen molar-refractivity contribution in [2.45, 2.75) is 39.5 Å². The second-order valence-electron chi connectivity index (χ2n) is 2.32. The van der Waals surface area contributed by atoms with E-state index in [1.165, 1.54) is 0 Å². The Hall–Kier alpha value is 0.470. The predicted octanol–water partition coefficient (Wildman–Crippen LogP) is -0.866. The third-order valence-electron chi connectivity index (χ3n) is 1.20. The average Bonchev–Trinajstić information content (AvgIpc) is 1.97. The van der Waals surface area contributed by atoms with Crippen molar-refractivity contribution >= 4 is 5.97 Å². The number of carbonyl (C=O) groups excluding carboxylic acids is 1. The molecule has 0 bridgehead atoms. The summed E-state index contributed by atoms with van der Waals surface area (Å²) in [7, 11) is 0. The van der Waals surface area contributed by atoms with Crippen LogP contribution in [0.3, 0.4) is 0 Å². The average molecular weight is 167 g/mol. The van der Waals surface area contributed by atoms with E-state index in [2.05, 4.69) is 6.92 Å². The van der Waals surface area contributed by atoms with Crippen LogP contribution < -0.4 is 29.6 Å². The Bertz CT molecular complexity index is 84.1. The smallest absolute Gasteiger partial charge is 0.466 e. The Morgan fingerprint density at radius 3 is 2.36 bits per heavy atom. The van der Waals surface area contributed by atoms with Gasteiger partial charge in [0, 0.05) is 6.42 Å². The van der Waals surface area contributed by atoms with Gasteiger partial charge in [0.05, 0.1) is 6.61 Å². The van der Waals surface area contributed by atoms with Crippen LogP contribution >= 0.6 is 0 Å². The summed E-state index contributed by atoms with van der Waals surface area (Å²) in [5, 5.41) is 0. The number of unbranched alkanes of at least 4 members (excludes halogenated alkanes) is 1. The van der Waals surface area contributed by atoms with E-state index in [0.717, 1.165) is 19.3 Å². The molecule has 0 saturated carbocycles. The van der Waals surface area contributed by atoms with E-state index in [-0.39, 0.29) is 35.5 Å². The molecule has 0 atom stereocenters. The Kier molecular flexibility index (Phi) is 13.3. The monoisotopic (exact) mass is 167 g/mol. The molecule has 0 aliphatic rings. The van der Waals surface area contributed by atoms with Crippen LogP contribution in [0.25, 0.3) is 0 Å². The van der Waals surface area contributed by atoms with E-state index in [4.69, 9.17) is 4.74 Å². The van der Waals surface area contributed by atoms with Gasteiger partial charge in [-0.15, -0.1) is 0 Å². The van der Waals surface area contributed by atoms with Gasteiger partial charge < -0.3 is 4.74 Å². The summed E-state index contributed by atoms with van der Waals surface area (Å²) in [4.78, 5) is 10.7. The molecule has 60 valence electrons. The third kappa shape index (κ3) is 10.5. The van der Waals surface area contributed by atoms with Crippen LogP contribution in [0, 0.1) is 0 Å². The Labute approximate surface area is 91.0 Å². The first-order chi connectivity index (χ1) is 4.81. The van der Waals surface area contributed by atoms with Crippen LogP contribution in [0.5, 0.6) is 0 Å². The molecule has 0 saturated heterocycles. The molecule has 0 fully saturated rings. The zero-order valence-corrected chi connectivity index (χ0v) is 9.85. The summed E-state index contributed by atoms with van der Waals surface area (Å²) in [6, 6.07) is 0. The number of ether oxygens (including phenoxy) is 1. The fourth-order valence-corrected chi connectivity index (χ4v) is 0.609. The molecule has 0 spiro atoms. The van der Waals surface area contributed by atoms with Crippen LogP contribution in [0.4, 0.5) is 0 Å². The maximum absolute atomic E-state index is 10.7. The van der Waals surface area contributed by atoms with Crippen LogP contribution in [0.2, 0.25) is 0 Å². The molecule has 0 aliphatic carbocycles. The zero-order chi connectivity index (χ0) is 7.82. The van der Waals surface area contributed by atoms with E-state index in [1.54, 1.807) is 0 Å². The van der Waals surface area contributed by atoms with E-state index in [0.29, 0.717) is 13.0 Å². The van der Waals surface area contributed by atoms with Crippen molar-refractivity contribution in [3.63, 3.8) is 0 Å². The number of hydrogen-bond donors (Lipinski definition) is 0. The number of carbonyl (C=O) groups is 1. The van der Waals surface area contributed by atoms with E-state index < -0.39 is 0 Å². The minimum Gasteiger partial charge on any atom is -0.466 e. The molecular formula is C8H16NaO2+. The fraction of sp³-hybridized carbons (Fsp3) is 0.875. The van der Waals surface area contributed by atoms with Crippen molar-refractivity contribution in [3.05, 3.63) is 0 Å². The maximum Gasteiger partial charge on any atom is 1.00 e. The van der Waals surface area contributed by atoms with Crippen molar-refractivity contribution in [1.82, 2.24) is 0 Å². The van der Waals surface area contributed by atoms with Crippen molar-refractivity contribution in [1.29, 1.82) is 0 Å². The van der Waals surface area contributed by atoms with Gasteiger partial charge in [0.15, 0.2) is 0 Å². The van der Waals surface area contributed by atoms with Crippen LogP contribution in [-0.4, -0.2) is 12.6 Å². The normalized spacial score (nSPS) is 8.55. The van der Waals surface area contributed by atoms with Gasteiger partial charge in [-0.05, 0) is 12.8 Å². The summed E-state index contributed by atoms with van der Waals surface area (Å²) < 4.78 is 4.85. The van der Waals surface area contributed by atoms with Gasteiger partial charge in [0.2, 0.25) is 0 Å². The van der Waals surface area contributed by atoms with E-state index in [1.807, 2.05) is 6.92 Å². The Morgan fingerprint density at radius 1 is 1.27 bits per heavy atom. The number of rotatable bonds is 5. The molecule has 11 heavy (non-hydrogen) atoms. The van der Waals surface area contributed by atoms with Gasteiger partial charge in [-0.1, -0.05) is 20.3 Å². The van der Waals surface area contributed by atoms with Gasteiger partial charge in [-0.2, -0.15) is 0 Å². The maximum atomic E-state index is 10.7. The molecule has 3 heteroatoms. The van der Waals surface area contributed by atoms with Crippen molar-refractivity contribution in [3.8, 4) is 0 Å². The summed E-state index contributed by atoms with van der Waals surface area (Å²) >= 11 is 0. The van der Waals surface area contributed by atoms with Gasteiger partial charge in [0.1, 0.15) is 0 Å². The first-order valence-electron chi connectivity index (χ1n) is 3.96. The van der Waals surface area contributed by atoms with Crippen molar-refractivity contribution in [2.24, 2.45) is 0 Å². The van der Waals surface area contributed by atoms with Gasteiger partial charge in [-0.25, -0.2) is 0 Å². The van der Waals surface area contributed by atoms with E-state index >= 15 is 0 Å². The first-order valence-corrected chi connectivity index (χ1v) is 3.96. The van der Waals surface area contributed by atoms with Crippen molar-refractivity contribution < 1.29 is 39.1 Å². The predicted molar refractivity (Wildman–Crippen MR) is 40.8 cm³/mol. The van der Waals surface area contributed by atoms with Gasteiger partial charge >= 0.3 is 35.5 Å². The van der Waals surface area contributed by atoms with Crippen molar-refractivity contribution in [2.75, 3.05) is 6.61 Å². The molecule has 2 nitrogen and oxygen atoms in total. The summed E-state index contributed by atoms with van der Waals surface area (Å²) in [5.41, 5.74) is 0. The molecule has 0 amide bonds. The minimum atomic E-state index is -0.0521. The van der Waals surface area contributed by atoms with E-state index in [9.17, 15) is 4.79 Å². The summed E-state index contributed by atoms with van der Waals surface area (Å²) in [6.45, 7) is 4.63. The third-order valence-corrected chi connectivity index (χ3v) is 1.20. The molecule has 0 aromatic rings. The number of esters is 1. The van der Waals surface area contributed by atoms with Crippen LogP contribution in [0.15, 0.2) is 0 Å².